The van der Waals surface area contributed by atoms with E-state index in [4.69, 9.17) is 0 Å². The van der Waals surface area contributed by atoms with Gasteiger partial charge < -0.3 is 9.13 Å². The summed E-state index contributed by atoms with van der Waals surface area (Å²) in [6.45, 7) is 0. The summed E-state index contributed by atoms with van der Waals surface area (Å²) < 4.78 is 93.7. The molecule has 0 aliphatic rings. The van der Waals surface area contributed by atoms with Gasteiger partial charge in [-0.3, -0.25) is 0 Å². The van der Waals surface area contributed by atoms with Crippen LogP contribution in [0.1, 0.15) is 38.9 Å². The third-order valence-electron chi connectivity index (χ3n) is 12.0. The van der Waals surface area contributed by atoms with E-state index in [0.29, 0.717) is 84.1 Å². The van der Waals surface area contributed by atoms with E-state index >= 15 is 26.3 Å². The fourth-order valence-electron chi connectivity index (χ4n) is 9.23. The minimum atomic E-state index is -5.24. The number of benzene rings is 8. The summed E-state index contributed by atoms with van der Waals surface area (Å²) in [5.41, 5.74) is 0.485. The first-order valence-electron chi connectivity index (χ1n) is 20.6. The molecule has 10 aromatic rings. The SMILES string of the molecule is N#Cc1cc(C#N)cc(-c2ccc3c(c2)c2ccccc2n3-c2cc(-c3c(C(F)(F)F)cccc3C(F)(F)F)cc(-n3c4ccccc4c4cc(-c5cc(C#N)cc(C#N)c5)ccc43)c2C#N)c1. The molecule has 0 unspecified atom stereocenters. The minimum Gasteiger partial charge on any atom is -0.308 e. The van der Waals surface area contributed by atoms with Gasteiger partial charge >= 0.3 is 12.4 Å². The number of nitriles is 5. The summed E-state index contributed by atoms with van der Waals surface area (Å²) in [6, 6.07) is 48.9. The molecule has 0 fully saturated rings. The lowest BCUT2D eigenvalue weighted by Gasteiger charge is -2.22. The number of alkyl halides is 6. The Labute approximate surface area is 382 Å². The standard InChI is InChI=1S/C55H25F6N7/c56-54(57,58)45-8-5-9-46(55(59,60)61)53(45)39-24-51(67-47-10-3-1-6-40(47)42-22-35(12-14-49(42)67)37-18-31(26-62)16-32(19-37)27-63)44(30-66)52(25-39)68-48-11-4-2-7-41(48)43-23-36(13-15-50(43)68)38-20-33(28-64)17-34(21-38)29-65/h1-25H. The van der Waals surface area contributed by atoms with Crippen LogP contribution in [-0.2, 0) is 12.4 Å². The molecule has 0 aliphatic carbocycles. The van der Waals surface area contributed by atoms with E-state index in [-0.39, 0.29) is 39.2 Å². The Balaban J connectivity index is 1.33. The van der Waals surface area contributed by atoms with Crippen LogP contribution in [-0.4, -0.2) is 9.13 Å². The Morgan fingerprint density at radius 3 is 1.09 bits per heavy atom. The molecular formula is C55H25F6N7. The van der Waals surface area contributed by atoms with Crippen molar-refractivity contribution in [3.05, 3.63) is 191 Å². The lowest BCUT2D eigenvalue weighted by atomic mass is 9.91. The number of para-hydroxylation sites is 2. The number of hydrogen-bond donors (Lipinski definition) is 0. The monoisotopic (exact) mass is 897 g/mol. The molecule has 2 heterocycles. The van der Waals surface area contributed by atoms with Crippen molar-refractivity contribution in [1.29, 1.82) is 26.3 Å². The first kappa shape index (κ1) is 42.3. The summed E-state index contributed by atoms with van der Waals surface area (Å²) in [5, 5.41) is 52.7. The smallest absolute Gasteiger partial charge is 0.308 e. The maximum absolute atomic E-state index is 15.1. The molecular weight excluding hydrogens is 873 g/mol. The Bertz CT molecular complexity index is 3710. The molecule has 0 saturated heterocycles. The molecule has 8 aromatic carbocycles. The maximum atomic E-state index is 15.1. The highest BCUT2D eigenvalue weighted by atomic mass is 19.4. The molecule has 0 atom stereocenters. The molecule has 68 heavy (non-hydrogen) atoms. The summed E-state index contributed by atoms with van der Waals surface area (Å²) in [6.07, 6.45) is -10.5. The van der Waals surface area contributed by atoms with Gasteiger partial charge in [-0.15, -0.1) is 0 Å². The van der Waals surface area contributed by atoms with Crippen molar-refractivity contribution in [1.82, 2.24) is 9.13 Å². The zero-order valence-electron chi connectivity index (χ0n) is 34.8. The molecule has 13 heteroatoms. The van der Waals surface area contributed by atoms with E-state index in [0.717, 1.165) is 0 Å². The van der Waals surface area contributed by atoms with Gasteiger partial charge in [-0.2, -0.15) is 52.7 Å². The summed E-state index contributed by atoms with van der Waals surface area (Å²) in [5.74, 6) is 0. The van der Waals surface area contributed by atoms with Crippen LogP contribution < -0.4 is 0 Å². The van der Waals surface area contributed by atoms with Crippen molar-refractivity contribution in [2.45, 2.75) is 12.4 Å². The van der Waals surface area contributed by atoms with E-state index in [2.05, 4.69) is 30.3 Å². The van der Waals surface area contributed by atoms with Crippen molar-refractivity contribution < 1.29 is 26.3 Å². The van der Waals surface area contributed by atoms with Crippen molar-refractivity contribution >= 4 is 43.6 Å². The summed E-state index contributed by atoms with van der Waals surface area (Å²) in [4.78, 5) is 0. The average Bonchev–Trinajstić information content (AvgIpc) is 3.86. The highest BCUT2D eigenvalue weighted by molar-refractivity contribution is 6.12. The van der Waals surface area contributed by atoms with Crippen molar-refractivity contribution in [3.63, 3.8) is 0 Å². The summed E-state index contributed by atoms with van der Waals surface area (Å²) >= 11 is 0. The molecule has 0 saturated carbocycles. The maximum Gasteiger partial charge on any atom is 0.417 e. The Hall–Kier alpha value is -9.61. The first-order valence-corrected chi connectivity index (χ1v) is 20.6. The second-order valence-electron chi connectivity index (χ2n) is 15.9. The molecule has 10 rings (SSSR count). The van der Waals surface area contributed by atoms with Crippen molar-refractivity contribution in [2.75, 3.05) is 0 Å². The zero-order valence-corrected chi connectivity index (χ0v) is 34.8. The van der Waals surface area contributed by atoms with Crippen LogP contribution in [0.4, 0.5) is 26.3 Å². The van der Waals surface area contributed by atoms with Crippen LogP contribution in [0, 0.1) is 56.7 Å². The van der Waals surface area contributed by atoms with Crippen LogP contribution >= 0.6 is 0 Å². The zero-order chi connectivity index (χ0) is 47.6. The molecule has 0 bridgehead atoms. The van der Waals surface area contributed by atoms with Gasteiger partial charge in [0, 0.05) is 27.1 Å². The van der Waals surface area contributed by atoms with Gasteiger partial charge in [0.2, 0.25) is 0 Å². The quantitative estimate of drug-likeness (QED) is 0.159. The molecule has 0 N–H and O–H groups in total. The van der Waals surface area contributed by atoms with Gasteiger partial charge in [0.1, 0.15) is 11.6 Å². The number of aromatic nitrogens is 2. The van der Waals surface area contributed by atoms with E-state index in [1.54, 1.807) is 106 Å². The summed E-state index contributed by atoms with van der Waals surface area (Å²) in [7, 11) is 0. The molecule has 7 nitrogen and oxygen atoms in total. The number of nitrogens with zero attached hydrogens (tertiary/aromatic N) is 7. The molecule has 0 aliphatic heterocycles. The van der Waals surface area contributed by atoms with Gasteiger partial charge in [-0.05, 0) is 125 Å². The van der Waals surface area contributed by atoms with Crippen LogP contribution in [0.25, 0.3) is 88.4 Å². The predicted octanol–water partition coefficient (Wildman–Crippen LogP) is 14.3. The van der Waals surface area contributed by atoms with E-state index in [1.807, 2.05) is 12.1 Å². The Morgan fingerprint density at radius 2 is 0.721 bits per heavy atom. The topological polar surface area (TPSA) is 129 Å². The lowest BCUT2D eigenvalue weighted by Crippen LogP contribution is -2.15. The predicted molar refractivity (Wildman–Crippen MR) is 245 cm³/mol. The first-order chi connectivity index (χ1) is 32.7. The molecule has 0 amide bonds. The fraction of sp³-hybridized carbons (Fsp3) is 0.0364. The van der Waals surface area contributed by atoms with Crippen LogP contribution in [0.5, 0.6) is 0 Å². The largest absolute Gasteiger partial charge is 0.417 e. The van der Waals surface area contributed by atoms with Crippen molar-refractivity contribution in [2.24, 2.45) is 0 Å². The Kier molecular flexibility index (Phi) is 9.85. The fourth-order valence-corrected chi connectivity index (χ4v) is 9.23. The Morgan fingerprint density at radius 1 is 0.338 bits per heavy atom. The third-order valence-corrected chi connectivity index (χ3v) is 12.0. The van der Waals surface area contributed by atoms with E-state index in [9.17, 15) is 26.3 Å². The van der Waals surface area contributed by atoms with Crippen molar-refractivity contribution in [3.8, 4) is 75.1 Å². The van der Waals surface area contributed by atoms with Crippen LogP contribution in [0.3, 0.4) is 0 Å². The third kappa shape index (κ3) is 6.90. The lowest BCUT2D eigenvalue weighted by molar-refractivity contribution is -0.142. The number of hydrogen-bond acceptors (Lipinski definition) is 5. The second-order valence-corrected chi connectivity index (χ2v) is 15.9. The molecule has 0 spiro atoms. The highest BCUT2D eigenvalue weighted by Crippen LogP contribution is 2.48. The van der Waals surface area contributed by atoms with Gasteiger partial charge in [0.25, 0.3) is 0 Å². The van der Waals surface area contributed by atoms with E-state index in [1.165, 1.54) is 24.3 Å². The normalized spacial score (nSPS) is 11.6. The molecule has 322 valence electrons. The van der Waals surface area contributed by atoms with Gasteiger partial charge in [0.15, 0.2) is 0 Å². The van der Waals surface area contributed by atoms with Crippen LogP contribution in [0.2, 0.25) is 0 Å². The number of fused-ring (bicyclic) bond motifs is 6. The average molecular weight is 898 g/mol. The number of halogens is 6. The van der Waals surface area contributed by atoms with Crippen LogP contribution in [0.15, 0.2) is 152 Å². The minimum absolute atomic E-state index is 0.0119. The number of rotatable bonds is 5. The van der Waals surface area contributed by atoms with Gasteiger partial charge in [0.05, 0.1) is 91.1 Å². The molecule has 2 aromatic heterocycles. The van der Waals surface area contributed by atoms with E-state index < -0.39 is 34.6 Å². The highest BCUT2D eigenvalue weighted by Gasteiger charge is 2.41. The van der Waals surface area contributed by atoms with Gasteiger partial charge in [-0.1, -0.05) is 54.6 Å². The second kappa shape index (κ2) is 15.8. The van der Waals surface area contributed by atoms with Gasteiger partial charge in [-0.25, -0.2) is 0 Å². The molecule has 0 radical (unpaired) electrons.